The summed E-state index contributed by atoms with van der Waals surface area (Å²) in [6, 6.07) is 41.2. The molecule has 0 unspecified atom stereocenters. The molecule has 0 saturated heterocycles. The molecule has 1 N–H and O–H groups in total. The number of benzene rings is 6. The molecule has 0 aliphatic carbocycles. The molecule has 3 heterocycles. The molecular formula is C45H31F3N3OPtS-. The molecule has 9 aromatic rings. The Kier molecular flexibility index (Phi) is 8.74. The van der Waals surface area contributed by atoms with Gasteiger partial charge in [-0.3, -0.25) is 4.98 Å². The van der Waals surface area contributed by atoms with E-state index in [4.69, 9.17) is 4.98 Å². The molecule has 9 heteroatoms. The zero-order valence-corrected chi connectivity index (χ0v) is 32.4. The van der Waals surface area contributed by atoms with Crippen LogP contribution in [0.25, 0.3) is 87.6 Å². The summed E-state index contributed by atoms with van der Waals surface area (Å²) < 4.78 is 47.8. The second-order valence-corrected chi connectivity index (χ2v) is 15.1. The summed E-state index contributed by atoms with van der Waals surface area (Å²) in [6.45, 7) is 6.15. The second kappa shape index (κ2) is 13.2. The molecular weight excluding hydrogens is 883 g/mol. The van der Waals surface area contributed by atoms with Crippen molar-refractivity contribution in [1.82, 2.24) is 14.5 Å². The Balaban J connectivity index is 0.00000413. The number of pyridine rings is 1. The van der Waals surface area contributed by atoms with Gasteiger partial charge in [-0.1, -0.05) is 108 Å². The third kappa shape index (κ3) is 5.71. The maximum Gasteiger partial charge on any atom is 0.426 e. The first-order chi connectivity index (χ1) is 25.5. The van der Waals surface area contributed by atoms with E-state index in [9.17, 15) is 5.11 Å². The molecule has 3 aromatic heterocycles. The number of phenolic OH excluding ortho intramolecular Hbond substituents is 1. The number of hydrogen-bond acceptors (Lipinski definition) is 4. The van der Waals surface area contributed by atoms with Gasteiger partial charge in [0.25, 0.3) is 0 Å². The van der Waals surface area contributed by atoms with Gasteiger partial charge in [0.1, 0.15) is 16.5 Å². The van der Waals surface area contributed by atoms with Crippen molar-refractivity contribution >= 4 is 54.0 Å². The van der Waals surface area contributed by atoms with Gasteiger partial charge in [0.2, 0.25) is 0 Å². The molecule has 54 heavy (non-hydrogen) atoms. The van der Waals surface area contributed by atoms with Crippen molar-refractivity contribution in [3.63, 3.8) is 0 Å². The van der Waals surface area contributed by atoms with Crippen molar-refractivity contribution in [1.29, 1.82) is 0 Å². The number of rotatable bonds is 4. The predicted molar refractivity (Wildman–Crippen MR) is 210 cm³/mol. The van der Waals surface area contributed by atoms with Gasteiger partial charge in [-0.15, -0.1) is 41.2 Å². The minimum atomic E-state index is -4.65. The number of thiophene rings is 1. The first kappa shape index (κ1) is 35.7. The molecule has 0 amide bonds. The minimum Gasteiger partial charge on any atom is -0.506 e. The first-order valence-electron chi connectivity index (χ1n) is 17.2. The summed E-state index contributed by atoms with van der Waals surface area (Å²) in [5, 5.41) is 15.6. The van der Waals surface area contributed by atoms with Gasteiger partial charge in [-0.25, -0.2) is 4.98 Å². The zero-order chi connectivity index (χ0) is 36.6. The fourth-order valence-corrected chi connectivity index (χ4v) is 8.79. The fourth-order valence-electron chi connectivity index (χ4n) is 7.54. The predicted octanol–water partition coefficient (Wildman–Crippen LogP) is 12.9. The summed E-state index contributed by atoms with van der Waals surface area (Å²) in [5.41, 5.74) is 4.87. The molecule has 270 valence electrons. The smallest absolute Gasteiger partial charge is 0.426 e. The van der Waals surface area contributed by atoms with E-state index >= 15 is 13.2 Å². The number of imidazole rings is 1. The van der Waals surface area contributed by atoms with Crippen molar-refractivity contribution in [2.24, 2.45) is 0 Å². The average Bonchev–Trinajstić information content (AvgIpc) is 3.77. The maximum absolute atomic E-state index is 15.1. The number of aromatic hydroxyl groups is 1. The second-order valence-electron chi connectivity index (χ2n) is 14.1. The van der Waals surface area contributed by atoms with E-state index in [1.165, 1.54) is 0 Å². The Morgan fingerprint density at radius 2 is 1.39 bits per heavy atom. The van der Waals surface area contributed by atoms with E-state index in [-0.39, 0.29) is 37.9 Å². The van der Waals surface area contributed by atoms with Crippen LogP contribution in [0.4, 0.5) is 13.2 Å². The number of alkyl halides is 3. The summed E-state index contributed by atoms with van der Waals surface area (Å²) in [6.07, 6.45) is -2.90. The van der Waals surface area contributed by atoms with E-state index in [0.29, 0.717) is 49.1 Å². The van der Waals surface area contributed by atoms with Crippen LogP contribution in [0.1, 0.15) is 25.6 Å². The van der Waals surface area contributed by atoms with Crippen LogP contribution in [0.5, 0.6) is 5.75 Å². The molecule has 0 atom stereocenters. The van der Waals surface area contributed by atoms with Gasteiger partial charge in [0.15, 0.2) is 0 Å². The third-order valence-electron chi connectivity index (χ3n) is 9.71. The van der Waals surface area contributed by atoms with Crippen LogP contribution >= 0.6 is 11.3 Å². The Labute approximate surface area is 327 Å². The van der Waals surface area contributed by atoms with Crippen LogP contribution in [0.3, 0.4) is 0 Å². The normalized spacial score (nSPS) is 12.2. The standard InChI is InChI=1S/C45H31F3N3OS.Pt/c1-44(2,3)51-39-30-19-8-7-16-28(30)25-33(27-17-13-18-29(24-27)34-22-11-12-23-49-34)38(39)50-43(51)37-40(52)32-21-10-9-20-31(32)36-35(26-14-5-4-6-15-26)42(45(46,47)48)53-41(36)37;/h4-23,25,52H,1-3H3;/q-1;. The molecule has 0 fully saturated rings. The van der Waals surface area contributed by atoms with Crippen LogP contribution in [0.2, 0.25) is 0 Å². The van der Waals surface area contributed by atoms with Gasteiger partial charge >= 0.3 is 6.18 Å². The average molecular weight is 914 g/mol. The quantitative estimate of drug-likeness (QED) is 0.179. The van der Waals surface area contributed by atoms with Gasteiger partial charge in [0.05, 0.1) is 21.3 Å². The Hall–Kier alpha value is -5.30. The zero-order valence-electron chi connectivity index (χ0n) is 29.3. The van der Waals surface area contributed by atoms with Gasteiger partial charge in [-0.05, 0) is 43.2 Å². The van der Waals surface area contributed by atoms with Crippen molar-refractivity contribution in [3.8, 4) is 50.6 Å². The summed E-state index contributed by atoms with van der Waals surface area (Å²) in [7, 11) is 0. The number of halogens is 3. The van der Waals surface area contributed by atoms with Crippen molar-refractivity contribution in [2.75, 3.05) is 0 Å². The molecule has 0 spiro atoms. The van der Waals surface area contributed by atoms with E-state index in [1.54, 1.807) is 60.8 Å². The largest absolute Gasteiger partial charge is 0.506 e. The monoisotopic (exact) mass is 913 g/mol. The van der Waals surface area contributed by atoms with Crippen LogP contribution in [-0.4, -0.2) is 19.6 Å². The number of phenols is 1. The number of aromatic nitrogens is 3. The Morgan fingerprint density at radius 1 is 0.722 bits per heavy atom. The summed E-state index contributed by atoms with van der Waals surface area (Å²) >= 11 is 0.658. The van der Waals surface area contributed by atoms with Crippen molar-refractivity contribution in [2.45, 2.75) is 32.5 Å². The molecule has 0 aliphatic rings. The molecule has 9 rings (SSSR count). The molecule has 6 aromatic carbocycles. The van der Waals surface area contributed by atoms with Gasteiger partial charge < -0.3 is 9.67 Å². The van der Waals surface area contributed by atoms with E-state index < -0.39 is 16.6 Å². The van der Waals surface area contributed by atoms with Gasteiger partial charge in [0, 0.05) is 60.2 Å². The van der Waals surface area contributed by atoms with Crippen LogP contribution in [0, 0.1) is 6.07 Å². The van der Waals surface area contributed by atoms with Crippen molar-refractivity contribution in [3.05, 3.63) is 138 Å². The van der Waals surface area contributed by atoms with Crippen molar-refractivity contribution < 1.29 is 39.3 Å². The molecule has 0 radical (unpaired) electrons. The van der Waals surface area contributed by atoms with Crippen LogP contribution < -0.4 is 0 Å². The number of nitrogens with zero attached hydrogens (tertiary/aromatic N) is 3. The van der Waals surface area contributed by atoms with E-state index in [0.717, 1.165) is 38.7 Å². The van der Waals surface area contributed by atoms with Crippen LogP contribution in [-0.2, 0) is 32.8 Å². The third-order valence-corrected chi connectivity index (χ3v) is 11.0. The SMILES string of the molecule is CC(C)(C)n1c(-c2c(O)c3ccccc3c3c(-c4ccccc4)c(C(F)(F)F)sc23)nc2c(-c3[c-]c(-c4ccccn4)ccc3)cc3ccccc3c21.[Pt]. The fraction of sp³-hybridized carbons (Fsp3) is 0.111. The molecule has 0 saturated carbocycles. The maximum atomic E-state index is 15.1. The van der Waals surface area contributed by atoms with E-state index in [2.05, 4.69) is 21.7 Å². The summed E-state index contributed by atoms with van der Waals surface area (Å²) in [5.74, 6) is 0.270. The molecule has 4 nitrogen and oxygen atoms in total. The topological polar surface area (TPSA) is 50.9 Å². The summed E-state index contributed by atoms with van der Waals surface area (Å²) in [4.78, 5) is 9.18. The van der Waals surface area contributed by atoms with E-state index in [1.807, 2.05) is 81.4 Å². The Bertz CT molecular complexity index is 2880. The number of hydrogen-bond donors (Lipinski definition) is 1. The first-order valence-corrected chi connectivity index (χ1v) is 18.0. The van der Waals surface area contributed by atoms with Crippen LogP contribution in [0.15, 0.2) is 128 Å². The number of fused-ring (bicyclic) bond motifs is 6. The molecule has 0 aliphatic heterocycles. The molecule has 0 bridgehead atoms. The minimum absolute atomic E-state index is 0. The van der Waals surface area contributed by atoms with Gasteiger partial charge in [-0.2, -0.15) is 13.2 Å². The Morgan fingerprint density at radius 3 is 2.09 bits per heavy atom.